The molecule has 0 aromatic carbocycles. The Labute approximate surface area is 84.8 Å². The van der Waals surface area contributed by atoms with Crippen molar-refractivity contribution in [2.75, 3.05) is 6.54 Å². The molecule has 1 fully saturated rings. The summed E-state index contributed by atoms with van der Waals surface area (Å²) in [4.78, 5) is 8.73. The summed E-state index contributed by atoms with van der Waals surface area (Å²) >= 11 is 0. The predicted molar refractivity (Wildman–Crippen MR) is 55.8 cm³/mol. The second-order valence-electron chi connectivity index (χ2n) is 4.23. The molecule has 1 saturated carbocycles. The maximum Gasteiger partial charge on any atom is 0.135 e. The highest BCUT2D eigenvalue weighted by molar-refractivity contribution is 5.13. The summed E-state index contributed by atoms with van der Waals surface area (Å²) < 4.78 is 0. The summed E-state index contributed by atoms with van der Waals surface area (Å²) in [6.07, 6.45) is 7.25. The van der Waals surface area contributed by atoms with Gasteiger partial charge in [-0.15, -0.1) is 0 Å². The molecule has 2 N–H and O–H groups in total. The molecule has 2 unspecified atom stereocenters. The van der Waals surface area contributed by atoms with Crippen LogP contribution in [-0.2, 0) is 5.41 Å². The molecule has 1 heterocycles. The zero-order chi connectivity index (χ0) is 10.0. The van der Waals surface area contributed by atoms with E-state index in [4.69, 9.17) is 5.73 Å². The summed E-state index contributed by atoms with van der Waals surface area (Å²) in [6.45, 7) is 2.92. The smallest absolute Gasteiger partial charge is 0.135 e. The van der Waals surface area contributed by atoms with Crippen LogP contribution in [0, 0.1) is 5.92 Å². The summed E-state index contributed by atoms with van der Waals surface area (Å²) in [5.74, 6) is 1.54. The first-order valence-corrected chi connectivity index (χ1v) is 5.27. The van der Waals surface area contributed by atoms with Gasteiger partial charge in [-0.1, -0.05) is 13.3 Å². The average Bonchev–Trinajstić information content (AvgIpc) is 2.62. The van der Waals surface area contributed by atoms with Gasteiger partial charge in [-0.2, -0.15) is 0 Å². The second-order valence-corrected chi connectivity index (χ2v) is 4.23. The molecular formula is C11H17N3. The van der Waals surface area contributed by atoms with Gasteiger partial charge in [-0.25, -0.2) is 9.97 Å². The van der Waals surface area contributed by atoms with Gasteiger partial charge < -0.3 is 5.73 Å². The highest BCUT2D eigenvalue weighted by atomic mass is 14.9. The fourth-order valence-electron chi connectivity index (χ4n) is 2.53. The van der Waals surface area contributed by atoms with Gasteiger partial charge in [0, 0.05) is 24.4 Å². The number of aromatic nitrogens is 2. The van der Waals surface area contributed by atoms with Crippen LogP contribution in [0.15, 0.2) is 18.5 Å². The number of rotatable bonds is 2. The molecule has 1 aromatic heterocycles. The molecule has 3 heteroatoms. The molecule has 0 spiro atoms. The molecule has 1 aliphatic carbocycles. The van der Waals surface area contributed by atoms with Crippen molar-refractivity contribution >= 4 is 0 Å². The van der Waals surface area contributed by atoms with Gasteiger partial charge in [0.1, 0.15) is 5.82 Å². The van der Waals surface area contributed by atoms with E-state index in [1.807, 2.05) is 18.5 Å². The van der Waals surface area contributed by atoms with E-state index in [2.05, 4.69) is 16.9 Å². The maximum absolute atomic E-state index is 5.91. The van der Waals surface area contributed by atoms with E-state index < -0.39 is 0 Å². The lowest BCUT2D eigenvalue weighted by Gasteiger charge is -2.30. The van der Waals surface area contributed by atoms with E-state index >= 15 is 0 Å². The summed E-state index contributed by atoms with van der Waals surface area (Å²) in [5, 5.41) is 0. The molecule has 3 nitrogen and oxygen atoms in total. The molecule has 1 aromatic rings. The number of nitrogens with two attached hydrogens (primary N) is 1. The van der Waals surface area contributed by atoms with Gasteiger partial charge in [0.05, 0.1) is 0 Å². The first-order chi connectivity index (χ1) is 6.79. The van der Waals surface area contributed by atoms with E-state index in [0.29, 0.717) is 12.5 Å². The van der Waals surface area contributed by atoms with Crippen LogP contribution in [0.3, 0.4) is 0 Å². The minimum absolute atomic E-state index is 0.0429. The van der Waals surface area contributed by atoms with E-state index in [1.54, 1.807) is 0 Å². The van der Waals surface area contributed by atoms with Gasteiger partial charge in [0.25, 0.3) is 0 Å². The van der Waals surface area contributed by atoms with Gasteiger partial charge in [-0.3, -0.25) is 0 Å². The maximum atomic E-state index is 5.91. The molecule has 14 heavy (non-hydrogen) atoms. The third-order valence-electron chi connectivity index (χ3n) is 3.58. The highest BCUT2D eigenvalue weighted by Crippen LogP contribution is 2.42. The van der Waals surface area contributed by atoms with Crippen LogP contribution in [0.25, 0.3) is 0 Å². The standard InChI is InChI=1S/C11H17N3/c1-9-4-2-5-11(9,8-12)10-13-6-3-7-14-10/h3,6-7,9H,2,4-5,8,12H2,1H3. The third kappa shape index (κ3) is 1.32. The van der Waals surface area contributed by atoms with Crippen molar-refractivity contribution < 1.29 is 0 Å². The van der Waals surface area contributed by atoms with Crippen LogP contribution in [0.4, 0.5) is 0 Å². The first-order valence-electron chi connectivity index (χ1n) is 5.27. The lowest BCUT2D eigenvalue weighted by atomic mass is 9.78. The molecule has 0 saturated heterocycles. The van der Waals surface area contributed by atoms with E-state index in [1.165, 1.54) is 12.8 Å². The van der Waals surface area contributed by atoms with E-state index in [0.717, 1.165) is 12.2 Å². The quantitative estimate of drug-likeness (QED) is 0.770. The SMILES string of the molecule is CC1CCCC1(CN)c1ncccn1. The van der Waals surface area contributed by atoms with Crippen molar-refractivity contribution in [2.24, 2.45) is 11.7 Å². The Balaban J connectivity index is 2.38. The van der Waals surface area contributed by atoms with Gasteiger partial charge in [0.15, 0.2) is 0 Å². The van der Waals surface area contributed by atoms with Crippen molar-refractivity contribution in [3.8, 4) is 0 Å². The Kier molecular flexibility index (Phi) is 2.50. The van der Waals surface area contributed by atoms with Crippen molar-refractivity contribution in [3.05, 3.63) is 24.3 Å². The van der Waals surface area contributed by atoms with Crippen molar-refractivity contribution in [3.63, 3.8) is 0 Å². The van der Waals surface area contributed by atoms with Crippen LogP contribution >= 0.6 is 0 Å². The number of hydrogen-bond donors (Lipinski definition) is 1. The van der Waals surface area contributed by atoms with Crippen LogP contribution in [-0.4, -0.2) is 16.5 Å². The molecule has 0 amide bonds. The average molecular weight is 191 g/mol. The van der Waals surface area contributed by atoms with Gasteiger partial charge >= 0.3 is 0 Å². The summed E-state index contributed by atoms with van der Waals surface area (Å²) in [6, 6.07) is 1.85. The lowest BCUT2D eigenvalue weighted by molar-refractivity contribution is 0.326. The Morgan fingerprint density at radius 3 is 2.71 bits per heavy atom. The zero-order valence-corrected chi connectivity index (χ0v) is 8.61. The molecule has 2 atom stereocenters. The van der Waals surface area contributed by atoms with E-state index in [-0.39, 0.29) is 5.41 Å². The monoisotopic (exact) mass is 191 g/mol. The molecule has 0 bridgehead atoms. The number of hydrogen-bond acceptors (Lipinski definition) is 3. The Hall–Kier alpha value is -0.960. The Morgan fingerprint density at radius 1 is 1.50 bits per heavy atom. The third-order valence-corrected chi connectivity index (χ3v) is 3.58. The van der Waals surface area contributed by atoms with Crippen LogP contribution in [0.1, 0.15) is 32.0 Å². The van der Waals surface area contributed by atoms with Crippen LogP contribution < -0.4 is 5.73 Å². The number of nitrogens with zero attached hydrogens (tertiary/aromatic N) is 2. The Morgan fingerprint density at radius 2 is 2.21 bits per heavy atom. The van der Waals surface area contributed by atoms with Gasteiger partial charge in [-0.05, 0) is 24.8 Å². The normalized spacial score (nSPS) is 32.0. The molecule has 76 valence electrons. The molecular weight excluding hydrogens is 174 g/mol. The fraction of sp³-hybridized carbons (Fsp3) is 0.636. The topological polar surface area (TPSA) is 51.8 Å². The predicted octanol–water partition coefficient (Wildman–Crippen LogP) is 1.49. The van der Waals surface area contributed by atoms with Gasteiger partial charge in [0.2, 0.25) is 0 Å². The fourth-order valence-corrected chi connectivity index (χ4v) is 2.53. The largest absolute Gasteiger partial charge is 0.329 e. The summed E-state index contributed by atoms with van der Waals surface area (Å²) in [5.41, 5.74) is 5.95. The minimum atomic E-state index is 0.0429. The van der Waals surface area contributed by atoms with Crippen LogP contribution in [0.5, 0.6) is 0 Å². The van der Waals surface area contributed by atoms with Crippen LogP contribution in [0.2, 0.25) is 0 Å². The Bertz CT molecular complexity index is 299. The molecule has 1 aliphatic rings. The zero-order valence-electron chi connectivity index (χ0n) is 8.61. The van der Waals surface area contributed by atoms with Crippen molar-refractivity contribution in [2.45, 2.75) is 31.6 Å². The molecule has 2 rings (SSSR count). The molecule has 0 radical (unpaired) electrons. The van der Waals surface area contributed by atoms with E-state index in [9.17, 15) is 0 Å². The minimum Gasteiger partial charge on any atom is -0.329 e. The summed E-state index contributed by atoms with van der Waals surface area (Å²) in [7, 11) is 0. The second kappa shape index (κ2) is 3.65. The first kappa shape index (κ1) is 9.59. The van der Waals surface area contributed by atoms with Crippen molar-refractivity contribution in [1.82, 2.24) is 9.97 Å². The molecule has 0 aliphatic heterocycles. The van der Waals surface area contributed by atoms with Crippen molar-refractivity contribution in [1.29, 1.82) is 0 Å². The highest BCUT2D eigenvalue weighted by Gasteiger charge is 2.42. The lowest BCUT2D eigenvalue weighted by Crippen LogP contribution is -2.39.